The number of morpholine rings is 1. The highest BCUT2D eigenvalue weighted by Crippen LogP contribution is 2.27. The zero-order valence-corrected chi connectivity index (χ0v) is 12.1. The molecule has 1 aromatic heterocycles. The van der Waals surface area contributed by atoms with Crippen LogP contribution in [0.15, 0.2) is 29.6 Å². The lowest BCUT2D eigenvalue weighted by molar-refractivity contribution is -0.0858. The second-order valence-corrected chi connectivity index (χ2v) is 6.02. The maximum absolute atomic E-state index is 12.7. The number of aliphatic hydroxyl groups excluding tert-OH is 1. The van der Waals surface area contributed by atoms with Gasteiger partial charge in [-0.15, -0.1) is 11.3 Å². The van der Waals surface area contributed by atoms with Crippen LogP contribution in [0, 0.1) is 0 Å². The number of nitrogens with zero attached hydrogens (tertiary/aromatic N) is 1. The van der Waals surface area contributed by atoms with E-state index in [9.17, 15) is 9.90 Å². The van der Waals surface area contributed by atoms with Crippen LogP contribution in [0.25, 0.3) is 10.1 Å². The maximum atomic E-state index is 12.7. The lowest BCUT2D eigenvalue weighted by Gasteiger charge is -2.36. The Hall–Kier alpha value is -1.43. The fourth-order valence-corrected chi connectivity index (χ4v) is 3.56. The van der Waals surface area contributed by atoms with Crippen LogP contribution >= 0.6 is 11.3 Å². The van der Waals surface area contributed by atoms with Crippen LogP contribution in [-0.2, 0) is 4.74 Å². The molecule has 2 atom stereocenters. The normalized spacial score (nSPS) is 23.2. The van der Waals surface area contributed by atoms with Gasteiger partial charge in [-0.1, -0.05) is 18.2 Å². The summed E-state index contributed by atoms with van der Waals surface area (Å²) in [5.41, 5.74) is 0.747. The minimum Gasteiger partial charge on any atom is -0.394 e. The lowest BCUT2D eigenvalue weighted by atomic mass is 10.1. The fraction of sp³-hybridized carbons (Fsp3) is 0.400. The summed E-state index contributed by atoms with van der Waals surface area (Å²) in [6.07, 6.45) is -0.331. The van der Waals surface area contributed by atoms with Crippen molar-refractivity contribution in [3.05, 3.63) is 35.2 Å². The van der Waals surface area contributed by atoms with E-state index in [1.165, 1.54) is 0 Å². The zero-order chi connectivity index (χ0) is 14.1. The Morgan fingerprint density at radius 3 is 3.05 bits per heavy atom. The largest absolute Gasteiger partial charge is 0.394 e. The molecule has 1 N–H and O–H groups in total. The van der Waals surface area contributed by atoms with Crippen LogP contribution in [0.1, 0.15) is 17.3 Å². The molecule has 0 bridgehead atoms. The van der Waals surface area contributed by atoms with Crippen molar-refractivity contribution in [1.29, 1.82) is 0 Å². The summed E-state index contributed by atoms with van der Waals surface area (Å²) in [7, 11) is 0. The molecule has 20 heavy (non-hydrogen) atoms. The first-order valence-electron chi connectivity index (χ1n) is 6.71. The average molecular weight is 291 g/mol. The first-order chi connectivity index (χ1) is 9.69. The Morgan fingerprint density at radius 1 is 1.45 bits per heavy atom. The number of hydrogen-bond donors (Lipinski definition) is 1. The molecule has 1 saturated heterocycles. The molecule has 2 unspecified atom stereocenters. The van der Waals surface area contributed by atoms with Crippen molar-refractivity contribution < 1.29 is 14.6 Å². The molecule has 0 radical (unpaired) electrons. The van der Waals surface area contributed by atoms with Crippen molar-refractivity contribution in [2.75, 3.05) is 19.7 Å². The average Bonchev–Trinajstić information content (AvgIpc) is 2.89. The van der Waals surface area contributed by atoms with E-state index in [2.05, 4.69) is 0 Å². The molecule has 0 aliphatic carbocycles. The van der Waals surface area contributed by atoms with Crippen LogP contribution in [0.4, 0.5) is 0 Å². The fourth-order valence-electron chi connectivity index (χ4n) is 2.63. The summed E-state index contributed by atoms with van der Waals surface area (Å²) in [4.78, 5) is 14.5. The molecule has 1 fully saturated rings. The van der Waals surface area contributed by atoms with Crippen LogP contribution in [0.3, 0.4) is 0 Å². The van der Waals surface area contributed by atoms with Crippen LogP contribution in [-0.4, -0.2) is 47.8 Å². The van der Waals surface area contributed by atoms with Gasteiger partial charge in [-0.2, -0.15) is 0 Å². The number of rotatable bonds is 2. The van der Waals surface area contributed by atoms with E-state index in [0.29, 0.717) is 13.1 Å². The van der Waals surface area contributed by atoms with Crippen molar-refractivity contribution in [2.24, 2.45) is 0 Å². The smallest absolute Gasteiger partial charge is 0.255 e. The Labute approximate surface area is 121 Å². The molecule has 4 nitrogen and oxygen atoms in total. The Morgan fingerprint density at radius 2 is 2.25 bits per heavy atom. The molecule has 106 valence electrons. The number of fused-ring (bicyclic) bond motifs is 1. The molecule has 1 aliphatic heterocycles. The molecule has 1 amide bonds. The van der Waals surface area contributed by atoms with Crippen molar-refractivity contribution in [1.82, 2.24) is 4.90 Å². The highest BCUT2D eigenvalue weighted by molar-refractivity contribution is 7.17. The third-order valence-corrected chi connectivity index (χ3v) is 4.49. The van der Waals surface area contributed by atoms with Gasteiger partial charge >= 0.3 is 0 Å². The molecule has 5 heteroatoms. The second-order valence-electron chi connectivity index (χ2n) is 5.11. The monoisotopic (exact) mass is 291 g/mol. The lowest BCUT2D eigenvalue weighted by Crippen LogP contribution is -2.50. The van der Waals surface area contributed by atoms with Crippen LogP contribution in [0.5, 0.6) is 0 Å². The summed E-state index contributed by atoms with van der Waals surface area (Å²) < 4.78 is 6.70. The SMILES string of the molecule is CC1CN(C(=O)c2csc3ccccc23)CC(CO)O1. The Bertz CT molecular complexity index is 624. The molecule has 1 aliphatic rings. The van der Waals surface area contributed by atoms with Gasteiger partial charge in [0.1, 0.15) is 0 Å². The standard InChI is InChI=1S/C15H17NO3S/c1-10-6-16(7-11(8-17)19-10)15(18)13-9-20-14-5-3-2-4-12(13)14/h2-5,9-11,17H,6-8H2,1H3. The van der Waals surface area contributed by atoms with Crippen LogP contribution in [0.2, 0.25) is 0 Å². The van der Waals surface area contributed by atoms with E-state index in [0.717, 1.165) is 15.6 Å². The van der Waals surface area contributed by atoms with Gasteiger partial charge in [0, 0.05) is 28.6 Å². The predicted octanol–water partition coefficient (Wildman–Crippen LogP) is 2.12. The molecule has 3 rings (SSSR count). The number of aliphatic hydroxyl groups is 1. The van der Waals surface area contributed by atoms with E-state index in [1.54, 1.807) is 16.2 Å². The highest BCUT2D eigenvalue weighted by atomic mass is 32.1. The molecular weight excluding hydrogens is 274 g/mol. The van der Waals surface area contributed by atoms with Gasteiger partial charge in [-0.05, 0) is 13.0 Å². The van der Waals surface area contributed by atoms with Gasteiger partial charge in [0.25, 0.3) is 5.91 Å². The third kappa shape index (κ3) is 2.44. The number of thiophene rings is 1. The molecule has 0 spiro atoms. The second kappa shape index (κ2) is 5.52. The number of hydrogen-bond acceptors (Lipinski definition) is 4. The van der Waals surface area contributed by atoms with Crippen molar-refractivity contribution in [2.45, 2.75) is 19.1 Å². The number of carbonyl (C=O) groups excluding carboxylic acids is 1. The van der Waals surface area contributed by atoms with Gasteiger partial charge in [0.15, 0.2) is 0 Å². The Kier molecular flexibility index (Phi) is 3.74. The van der Waals surface area contributed by atoms with Crippen molar-refractivity contribution in [3.8, 4) is 0 Å². The Balaban J connectivity index is 1.88. The van der Waals surface area contributed by atoms with E-state index < -0.39 is 0 Å². The number of amides is 1. The minimum absolute atomic E-state index is 0.0241. The molecule has 2 heterocycles. The topological polar surface area (TPSA) is 49.8 Å². The van der Waals surface area contributed by atoms with E-state index in [-0.39, 0.29) is 24.7 Å². The summed E-state index contributed by atoms with van der Waals surface area (Å²) in [5.74, 6) is 0.0241. The number of benzene rings is 1. The third-order valence-electron chi connectivity index (χ3n) is 3.53. The van der Waals surface area contributed by atoms with E-state index in [4.69, 9.17) is 4.74 Å². The summed E-state index contributed by atoms with van der Waals surface area (Å²) in [6, 6.07) is 7.93. The number of carbonyl (C=O) groups is 1. The summed E-state index contributed by atoms with van der Waals surface area (Å²) in [6.45, 7) is 2.88. The molecule has 2 aromatic rings. The first kappa shape index (κ1) is 13.5. The summed E-state index contributed by atoms with van der Waals surface area (Å²) >= 11 is 1.59. The van der Waals surface area contributed by atoms with Gasteiger partial charge in [0.2, 0.25) is 0 Å². The molecular formula is C15H17NO3S. The van der Waals surface area contributed by atoms with Gasteiger partial charge in [0.05, 0.1) is 24.4 Å². The van der Waals surface area contributed by atoms with Crippen molar-refractivity contribution >= 4 is 27.3 Å². The van der Waals surface area contributed by atoms with Gasteiger partial charge in [-0.25, -0.2) is 0 Å². The zero-order valence-electron chi connectivity index (χ0n) is 11.3. The van der Waals surface area contributed by atoms with E-state index >= 15 is 0 Å². The quantitative estimate of drug-likeness (QED) is 0.922. The van der Waals surface area contributed by atoms with Gasteiger partial charge in [-0.3, -0.25) is 4.79 Å². The summed E-state index contributed by atoms with van der Waals surface area (Å²) in [5, 5.41) is 12.2. The van der Waals surface area contributed by atoms with E-state index in [1.807, 2.05) is 36.6 Å². The number of ether oxygens (including phenoxy) is 1. The molecule has 0 saturated carbocycles. The van der Waals surface area contributed by atoms with Crippen molar-refractivity contribution in [3.63, 3.8) is 0 Å². The molecule has 1 aromatic carbocycles. The minimum atomic E-state index is -0.285. The van der Waals surface area contributed by atoms with Crippen LogP contribution < -0.4 is 0 Å². The predicted molar refractivity (Wildman–Crippen MR) is 79.1 cm³/mol. The highest BCUT2D eigenvalue weighted by Gasteiger charge is 2.29. The maximum Gasteiger partial charge on any atom is 0.255 e. The van der Waals surface area contributed by atoms with Gasteiger partial charge < -0.3 is 14.7 Å². The first-order valence-corrected chi connectivity index (χ1v) is 7.59.